The fraction of sp³-hybridized carbons (Fsp3) is 0.217. The van der Waals surface area contributed by atoms with E-state index in [-0.39, 0.29) is 18.4 Å². The monoisotopic (exact) mass is 405 g/mol. The van der Waals surface area contributed by atoms with Gasteiger partial charge in [0.25, 0.3) is 11.8 Å². The summed E-state index contributed by atoms with van der Waals surface area (Å²) in [5, 5.41) is 5.64. The quantitative estimate of drug-likeness (QED) is 0.657. The second-order valence-electron chi connectivity index (χ2n) is 6.91. The van der Waals surface area contributed by atoms with Gasteiger partial charge in [0.2, 0.25) is 0 Å². The van der Waals surface area contributed by atoms with Gasteiger partial charge in [-0.05, 0) is 48.5 Å². The average molecular weight is 405 g/mol. The molecule has 2 N–H and O–H groups in total. The van der Waals surface area contributed by atoms with Crippen molar-refractivity contribution in [1.82, 2.24) is 5.32 Å². The maximum absolute atomic E-state index is 12.7. The van der Waals surface area contributed by atoms with Gasteiger partial charge in [-0.25, -0.2) is 0 Å². The van der Waals surface area contributed by atoms with E-state index in [1.54, 1.807) is 54.8 Å². The molecule has 7 nitrogen and oxygen atoms in total. The van der Waals surface area contributed by atoms with Crippen LogP contribution < -0.4 is 15.5 Å². The lowest BCUT2D eigenvalue weighted by Gasteiger charge is -2.28. The molecule has 1 saturated heterocycles. The molecule has 0 bridgehead atoms. The van der Waals surface area contributed by atoms with Gasteiger partial charge in [0.15, 0.2) is 0 Å². The number of para-hydroxylation sites is 1. The molecule has 2 heterocycles. The van der Waals surface area contributed by atoms with E-state index in [2.05, 4.69) is 15.5 Å². The molecule has 0 unspecified atom stereocenters. The zero-order chi connectivity index (χ0) is 20.8. The summed E-state index contributed by atoms with van der Waals surface area (Å²) < 4.78 is 10.6. The topological polar surface area (TPSA) is 83.8 Å². The summed E-state index contributed by atoms with van der Waals surface area (Å²) >= 11 is 0. The van der Waals surface area contributed by atoms with Crippen molar-refractivity contribution in [3.63, 3.8) is 0 Å². The average Bonchev–Trinajstić information content (AvgIpc) is 3.32. The van der Waals surface area contributed by atoms with Crippen LogP contribution in [-0.2, 0) is 11.3 Å². The van der Waals surface area contributed by atoms with Crippen LogP contribution in [0.25, 0.3) is 0 Å². The van der Waals surface area contributed by atoms with Crippen LogP contribution in [0, 0.1) is 0 Å². The van der Waals surface area contributed by atoms with E-state index in [1.807, 2.05) is 12.1 Å². The molecule has 0 atom stereocenters. The van der Waals surface area contributed by atoms with Crippen LogP contribution in [0.5, 0.6) is 0 Å². The Hall–Kier alpha value is -3.58. The number of anilines is 2. The molecule has 1 aliphatic rings. The van der Waals surface area contributed by atoms with Crippen LogP contribution in [-0.4, -0.2) is 38.1 Å². The van der Waals surface area contributed by atoms with Crippen LogP contribution >= 0.6 is 0 Å². The highest BCUT2D eigenvalue weighted by Gasteiger charge is 2.15. The van der Waals surface area contributed by atoms with Crippen molar-refractivity contribution in [3.8, 4) is 0 Å². The second-order valence-corrected chi connectivity index (χ2v) is 6.91. The Balaban J connectivity index is 1.42. The second kappa shape index (κ2) is 9.28. The third-order valence-corrected chi connectivity index (χ3v) is 4.93. The van der Waals surface area contributed by atoms with E-state index in [0.29, 0.717) is 35.8 Å². The van der Waals surface area contributed by atoms with E-state index >= 15 is 0 Å². The molecule has 154 valence electrons. The first-order valence-corrected chi connectivity index (χ1v) is 9.84. The van der Waals surface area contributed by atoms with Gasteiger partial charge in [-0.3, -0.25) is 9.59 Å². The van der Waals surface area contributed by atoms with Gasteiger partial charge in [0.1, 0.15) is 5.76 Å². The Bertz CT molecular complexity index is 994. The number of ether oxygens (including phenoxy) is 1. The van der Waals surface area contributed by atoms with Crippen molar-refractivity contribution in [3.05, 3.63) is 83.8 Å². The van der Waals surface area contributed by atoms with Gasteiger partial charge in [-0.2, -0.15) is 0 Å². The first kappa shape index (κ1) is 19.7. The predicted octanol–water partition coefficient (Wildman–Crippen LogP) is 3.30. The van der Waals surface area contributed by atoms with Crippen LogP contribution in [0.15, 0.2) is 71.3 Å². The summed E-state index contributed by atoms with van der Waals surface area (Å²) in [5.41, 5.74) is 2.43. The highest BCUT2D eigenvalue weighted by Crippen LogP contribution is 2.19. The number of amides is 2. The maximum atomic E-state index is 12.7. The minimum atomic E-state index is -0.287. The molecule has 0 spiro atoms. The van der Waals surface area contributed by atoms with Crippen LogP contribution in [0.3, 0.4) is 0 Å². The van der Waals surface area contributed by atoms with Crippen LogP contribution in [0.1, 0.15) is 26.5 Å². The number of carbonyl (C=O) groups excluding carboxylic acids is 2. The normalized spacial score (nSPS) is 13.7. The van der Waals surface area contributed by atoms with E-state index in [1.165, 1.54) is 0 Å². The fourth-order valence-electron chi connectivity index (χ4n) is 3.31. The molecule has 0 radical (unpaired) electrons. The molecular formula is C23H23N3O4. The summed E-state index contributed by atoms with van der Waals surface area (Å²) in [6.07, 6.45) is 1.56. The number of rotatable bonds is 6. The minimum absolute atomic E-state index is 0.269. The number of benzene rings is 2. The van der Waals surface area contributed by atoms with Gasteiger partial charge >= 0.3 is 0 Å². The Morgan fingerprint density at radius 3 is 2.40 bits per heavy atom. The summed E-state index contributed by atoms with van der Waals surface area (Å²) in [4.78, 5) is 27.5. The molecule has 7 heteroatoms. The standard InChI is InChI=1S/C23H23N3O4/c27-22(17-7-9-18(10-8-17)26-11-14-29-15-12-26)25-21-6-2-1-5-20(21)23(28)24-16-19-4-3-13-30-19/h1-10,13H,11-12,14-16H2,(H,24,28)(H,25,27). The van der Waals surface area contributed by atoms with Gasteiger partial charge in [0, 0.05) is 24.3 Å². The number of morpholine rings is 1. The molecule has 2 amide bonds. The van der Waals surface area contributed by atoms with Crippen molar-refractivity contribution in [2.45, 2.75) is 6.54 Å². The first-order chi connectivity index (χ1) is 14.7. The molecule has 1 aliphatic heterocycles. The summed E-state index contributed by atoms with van der Waals surface area (Å²) in [6.45, 7) is 3.37. The molecule has 0 aliphatic carbocycles. The molecule has 0 saturated carbocycles. The van der Waals surface area contributed by atoms with Gasteiger partial charge in [0.05, 0.1) is 37.3 Å². The number of hydrogen-bond acceptors (Lipinski definition) is 5. The Kier molecular flexibility index (Phi) is 6.10. The lowest BCUT2D eigenvalue weighted by molar-refractivity contribution is 0.0949. The lowest BCUT2D eigenvalue weighted by Crippen LogP contribution is -2.36. The smallest absolute Gasteiger partial charge is 0.255 e. The molecule has 30 heavy (non-hydrogen) atoms. The van der Waals surface area contributed by atoms with E-state index < -0.39 is 0 Å². The molecule has 2 aromatic carbocycles. The minimum Gasteiger partial charge on any atom is -0.467 e. The van der Waals surface area contributed by atoms with Crippen molar-refractivity contribution in [2.24, 2.45) is 0 Å². The van der Waals surface area contributed by atoms with Crippen LogP contribution in [0.2, 0.25) is 0 Å². The van der Waals surface area contributed by atoms with Gasteiger partial charge in [-0.1, -0.05) is 12.1 Å². The zero-order valence-corrected chi connectivity index (χ0v) is 16.5. The largest absolute Gasteiger partial charge is 0.467 e. The maximum Gasteiger partial charge on any atom is 0.255 e. The molecule has 3 aromatic rings. The number of furan rings is 1. The van der Waals surface area contributed by atoms with Crippen molar-refractivity contribution < 1.29 is 18.7 Å². The SMILES string of the molecule is O=C(Nc1ccccc1C(=O)NCc1ccco1)c1ccc(N2CCOCC2)cc1. The molecular weight excluding hydrogens is 382 g/mol. The Morgan fingerprint density at radius 1 is 0.900 bits per heavy atom. The number of nitrogens with zero attached hydrogens (tertiary/aromatic N) is 1. The highest BCUT2D eigenvalue weighted by atomic mass is 16.5. The third-order valence-electron chi connectivity index (χ3n) is 4.93. The highest BCUT2D eigenvalue weighted by molar-refractivity contribution is 6.09. The fourth-order valence-corrected chi connectivity index (χ4v) is 3.31. The van der Waals surface area contributed by atoms with E-state index in [0.717, 1.165) is 18.8 Å². The number of nitrogens with one attached hydrogen (secondary N) is 2. The number of carbonyl (C=O) groups is 2. The van der Waals surface area contributed by atoms with Gasteiger partial charge < -0.3 is 24.7 Å². The van der Waals surface area contributed by atoms with Crippen molar-refractivity contribution in [1.29, 1.82) is 0 Å². The Labute approximate surface area is 174 Å². The molecule has 1 fully saturated rings. The molecule has 1 aromatic heterocycles. The Morgan fingerprint density at radius 2 is 1.67 bits per heavy atom. The third kappa shape index (κ3) is 4.69. The van der Waals surface area contributed by atoms with Crippen molar-refractivity contribution in [2.75, 3.05) is 36.5 Å². The predicted molar refractivity (Wildman–Crippen MR) is 114 cm³/mol. The zero-order valence-electron chi connectivity index (χ0n) is 16.5. The summed E-state index contributed by atoms with van der Waals surface area (Å²) in [5.74, 6) is 0.102. The van der Waals surface area contributed by atoms with E-state index in [4.69, 9.17) is 9.15 Å². The lowest BCUT2D eigenvalue weighted by atomic mass is 10.1. The first-order valence-electron chi connectivity index (χ1n) is 9.84. The number of hydrogen-bond donors (Lipinski definition) is 2. The van der Waals surface area contributed by atoms with E-state index in [9.17, 15) is 9.59 Å². The van der Waals surface area contributed by atoms with Crippen molar-refractivity contribution >= 4 is 23.2 Å². The van der Waals surface area contributed by atoms with Gasteiger partial charge in [-0.15, -0.1) is 0 Å². The summed E-state index contributed by atoms with van der Waals surface area (Å²) in [6, 6.07) is 17.9. The van der Waals surface area contributed by atoms with Crippen LogP contribution in [0.4, 0.5) is 11.4 Å². The molecule has 4 rings (SSSR count). The summed E-state index contributed by atoms with van der Waals surface area (Å²) in [7, 11) is 0.